The zero-order valence-electron chi connectivity index (χ0n) is 18.3. The molecule has 0 spiro atoms. The Morgan fingerprint density at radius 3 is 2.39 bits per heavy atom. The van der Waals surface area contributed by atoms with Crippen molar-refractivity contribution in [2.75, 3.05) is 13.2 Å². The molecule has 6 heterocycles. The summed E-state index contributed by atoms with van der Waals surface area (Å²) >= 11 is 0. The fourth-order valence-corrected chi connectivity index (χ4v) is 6.43. The summed E-state index contributed by atoms with van der Waals surface area (Å²) in [4.78, 5) is 28.1. The van der Waals surface area contributed by atoms with Crippen molar-refractivity contribution in [3.8, 4) is 0 Å². The minimum absolute atomic E-state index is 0.0214. The Bertz CT molecular complexity index is 1340. The molecular formula is C16H23N5O13P2. The number of phosphoric ester groups is 2. The first kappa shape index (κ1) is 26.0. The molecule has 0 aromatic carbocycles. The van der Waals surface area contributed by atoms with E-state index < -0.39 is 77.4 Å². The van der Waals surface area contributed by atoms with Crippen LogP contribution < -0.4 is 5.49 Å². The zero-order valence-corrected chi connectivity index (χ0v) is 20.1. The van der Waals surface area contributed by atoms with Crippen LogP contribution in [0.4, 0.5) is 0 Å². The quantitative estimate of drug-likeness (QED) is 0.167. The molecule has 2 aromatic rings. The Balaban J connectivity index is 1.60. The zero-order chi connectivity index (χ0) is 26.2. The van der Waals surface area contributed by atoms with Crippen LogP contribution >= 0.6 is 15.6 Å². The van der Waals surface area contributed by atoms with Crippen molar-refractivity contribution in [2.45, 2.75) is 55.5 Å². The molecule has 200 valence electrons. The second kappa shape index (κ2) is 8.71. The summed E-state index contributed by atoms with van der Waals surface area (Å²) in [6.45, 7) is -0.511. The summed E-state index contributed by atoms with van der Waals surface area (Å²) in [5.74, 6) is 0. The number of imidazole rings is 1. The Hall–Kier alpha value is -1.63. The number of hydrogen-bond donors (Lipinski definition) is 7. The highest BCUT2D eigenvalue weighted by molar-refractivity contribution is 7.61. The monoisotopic (exact) mass is 555 g/mol. The van der Waals surface area contributed by atoms with Crippen LogP contribution in [0.15, 0.2) is 12.7 Å². The van der Waals surface area contributed by atoms with E-state index in [-0.39, 0.29) is 16.7 Å². The number of fused-ring (bicyclic) bond motifs is 7. The normalized spacial score (nSPS) is 45.8. The van der Waals surface area contributed by atoms with Gasteiger partial charge in [-0.25, -0.2) is 19.1 Å². The topological polar surface area (TPSA) is 261 Å². The lowest BCUT2D eigenvalue weighted by Gasteiger charge is -2.28. The average Bonchev–Trinajstić information content (AvgIpc) is 3.41. The van der Waals surface area contributed by atoms with E-state index in [2.05, 4.69) is 18.8 Å². The number of nitrogens with one attached hydrogen (secondary N) is 1. The molecule has 4 aliphatic heterocycles. The van der Waals surface area contributed by atoms with Crippen LogP contribution in [0.3, 0.4) is 0 Å². The molecular weight excluding hydrogens is 532 g/mol. The molecule has 6 unspecified atom stereocenters. The number of phosphoric acid groups is 2. The molecule has 8 bridgehead atoms. The first-order valence-electron chi connectivity index (χ1n) is 10.4. The van der Waals surface area contributed by atoms with Gasteiger partial charge in [0.15, 0.2) is 29.1 Å². The van der Waals surface area contributed by atoms with Crippen molar-refractivity contribution in [1.82, 2.24) is 19.1 Å². The third-order valence-electron chi connectivity index (χ3n) is 6.19. The van der Waals surface area contributed by atoms with Crippen LogP contribution in [0.1, 0.15) is 19.4 Å². The first-order valence-corrected chi connectivity index (χ1v) is 13.4. The summed E-state index contributed by atoms with van der Waals surface area (Å²) in [6.07, 6.45) is -8.43. The fraction of sp³-hybridized carbons (Fsp3) is 0.688. The largest absolute Gasteiger partial charge is 0.481 e. The molecule has 0 aliphatic carbocycles. The van der Waals surface area contributed by atoms with Crippen molar-refractivity contribution in [3.63, 3.8) is 0 Å². The fourth-order valence-electron chi connectivity index (χ4n) is 4.25. The molecule has 36 heavy (non-hydrogen) atoms. The second-order valence-electron chi connectivity index (χ2n) is 8.72. The minimum atomic E-state index is -5.30. The summed E-state index contributed by atoms with van der Waals surface area (Å²) in [7, 11) is -10.6. The van der Waals surface area contributed by atoms with E-state index in [1.165, 1.54) is 17.8 Å². The molecule has 18 nitrogen and oxygen atoms in total. The van der Waals surface area contributed by atoms with Crippen LogP contribution in [0, 0.1) is 5.41 Å². The first-order chi connectivity index (χ1) is 16.7. The van der Waals surface area contributed by atoms with Gasteiger partial charge in [-0.1, -0.05) is 0 Å². The van der Waals surface area contributed by atoms with Crippen molar-refractivity contribution >= 4 is 26.8 Å². The number of nitrogens with zero attached hydrogens (tertiary/aromatic N) is 4. The van der Waals surface area contributed by atoms with Crippen LogP contribution in [-0.4, -0.2) is 98.6 Å². The van der Waals surface area contributed by atoms with E-state index in [0.29, 0.717) is 0 Å². The van der Waals surface area contributed by atoms with Gasteiger partial charge in [0.1, 0.15) is 42.4 Å². The third kappa shape index (κ3) is 4.27. The number of ether oxygens (including phenoxy) is 2. The van der Waals surface area contributed by atoms with Gasteiger partial charge in [0.05, 0.1) is 19.5 Å². The van der Waals surface area contributed by atoms with Gasteiger partial charge in [0.25, 0.3) is 0 Å². The molecule has 2 aromatic heterocycles. The van der Waals surface area contributed by atoms with Gasteiger partial charge in [-0.3, -0.25) is 23.6 Å². The van der Waals surface area contributed by atoms with Crippen LogP contribution in [0.25, 0.3) is 11.2 Å². The number of aliphatic hydroxyl groups is 4. The van der Waals surface area contributed by atoms with Crippen LogP contribution in [0.2, 0.25) is 0 Å². The maximum atomic E-state index is 12.3. The Morgan fingerprint density at radius 1 is 1.00 bits per heavy atom. The SMILES string of the molecule is C[C@]12COP(=O)(O)OP(=O)(O)OC[C@@H]3O[C@@H](C(O)C3O)n3cnc4c(=N)n(cnc43)[C@H](O1)C(O)C2O. The van der Waals surface area contributed by atoms with Crippen molar-refractivity contribution in [1.29, 1.82) is 5.41 Å². The molecule has 2 saturated heterocycles. The predicted molar refractivity (Wildman–Crippen MR) is 110 cm³/mol. The Kier molecular flexibility index (Phi) is 6.29. The van der Waals surface area contributed by atoms with E-state index in [0.717, 1.165) is 10.9 Å². The Morgan fingerprint density at radius 2 is 1.67 bits per heavy atom. The molecule has 10 atom stereocenters. The number of rotatable bonds is 0. The molecule has 0 saturated carbocycles. The van der Waals surface area contributed by atoms with Gasteiger partial charge in [0.2, 0.25) is 0 Å². The standard InChI is InChI=1S/C16H23N5O13P2/c1-16-3-31-36(28,29)34-35(26,27)30-2-6-8(22)9(23)14(32-6)21-4-18-7-12(17)20(5-19-13(7)21)15(33-16)10(24)11(16)25/h4-6,8-11,14-15,17,22-25H,2-3H2,1H3,(H,26,27)(H,28,29)/t6-,8?,9?,10?,11?,14-,15+,16+/m0/s1. The average molecular weight is 555 g/mol. The molecule has 0 radical (unpaired) electrons. The molecule has 4 aliphatic rings. The summed E-state index contributed by atoms with van der Waals surface area (Å²) in [5.41, 5.74) is -2.13. The minimum Gasteiger partial charge on any atom is -0.387 e. The van der Waals surface area contributed by atoms with Gasteiger partial charge >= 0.3 is 15.6 Å². The van der Waals surface area contributed by atoms with Crippen molar-refractivity contribution in [2.24, 2.45) is 0 Å². The number of aliphatic hydroxyl groups excluding tert-OH is 4. The molecule has 2 fully saturated rings. The number of hydrogen-bond acceptors (Lipinski definition) is 14. The third-order valence-corrected chi connectivity index (χ3v) is 8.78. The van der Waals surface area contributed by atoms with Crippen molar-refractivity contribution in [3.05, 3.63) is 18.1 Å². The highest BCUT2D eigenvalue weighted by Gasteiger charge is 2.54. The number of aromatic nitrogens is 4. The highest BCUT2D eigenvalue weighted by atomic mass is 31.3. The lowest BCUT2D eigenvalue weighted by Crippen LogP contribution is -2.44. The van der Waals surface area contributed by atoms with Gasteiger partial charge in [-0.2, -0.15) is 4.31 Å². The van der Waals surface area contributed by atoms with E-state index in [1.807, 2.05) is 0 Å². The van der Waals surface area contributed by atoms with Crippen molar-refractivity contribution < 1.29 is 62.2 Å². The lowest BCUT2D eigenvalue weighted by atomic mass is 9.99. The summed E-state index contributed by atoms with van der Waals surface area (Å²) < 4.78 is 51.7. The smallest absolute Gasteiger partial charge is 0.387 e. The van der Waals surface area contributed by atoms with E-state index >= 15 is 0 Å². The van der Waals surface area contributed by atoms with E-state index in [1.54, 1.807) is 0 Å². The molecule has 6 rings (SSSR count). The van der Waals surface area contributed by atoms with E-state index in [4.69, 9.17) is 19.4 Å². The van der Waals surface area contributed by atoms with Gasteiger partial charge in [0, 0.05) is 0 Å². The van der Waals surface area contributed by atoms with Crippen LogP contribution in [-0.2, 0) is 32.0 Å². The van der Waals surface area contributed by atoms with Crippen LogP contribution in [0.5, 0.6) is 0 Å². The molecule has 20 heteroatoms. The van der Waals surface area contributed by atoms with E-state index in [9.17, 15) is 39.3 Å². The lowest BCUT2D eigenvalue weighted by molar-refractivity contribution is -0.116. The summed E-state index contributed by atoms with van der Waals surface area (Å²) in [5, 5.41) is 50.6. The van der Waals surface area contributed by atoms with Gasteiger partial charge in [-0.05, 0) is 6.92 Å². The van der Waals surface area contributed by atoms with Gasteiger partial charge in [-0.15, -0.1) is 0 Å². The maximum Gasteiger partial charge on any atom is 0.481 e. The highest BCUT2D eigenvalue weighted by Crippen LogP contribution is 2.61. The predicted octanol–water partition coefficient (Wildman–Crippen LogP) is -2.40. The Labute approximate surface area is 201 Å². The summed E-state index contributed by atoms with van der Waals surface area (Å²) in [6, 6.07) is 0. The van der Waals surface area contributed by atoms with Gasteiger partial charge < -0.3 is 39.7 Å². The maximum absolute atomic E-state index is 12.3. The molecule has 0 amide bonds. The molecule has 7 N–H and O–H groups in total. The second-order valence-corrected chi connectivity index (χ2v) is 11.8.